The molecule has 30 heavy (non-hydrogen) atoms. The van der Waals surface area contributed by atoms with Crippen molar-refractivity contribution in [1.29, 1.82) is 0 Å². The van der Waals surface area contributed by atoms with Gasteiger partial charge in [-0.3, -0.25) is 4.67 Å². The summed E-state index contributed by atoms with van der Waals surface area (Å²) in [5.41, 5.74) is 0. The number of hydrogen-bond acceptors (Lipinski definition) is 1. The molecular formula is C28H44NP. The molecular weight excluding hydrogens is 381 g/mol. The Kier molecular flexibility index (Phi) is 13.8. The van der Waals surface area contributed by atoms with Crippen LogP contribution in [-0.2, 0) is 0 Å². The van der Waals surface area contributed by atoms with Crippen molar-refractivity contribution in [3.05, 3.63) is 60.7 Å². The van der Waals surface area contributed by atoms with E-state index < -0.39 is 8.07 Å². The van der Waals surface area contributed by atoms with E-state index in [1.54, 1.807) is 0 Å². The minimum absolute atomic E-state index is 0.436. The minimum Gasteiger partial charge on any atom is -0.275 e. The number of benzene rings is 2. The van der Waals surface area contributed by atoms with Gasteiger partial charge in [0.2, 0.25) is 0 Å². The van der Waals surface area contributed by atoms with Gasteiger partial charge in [0, 0.05) is 21.2 Å². The van der Waals surface area contributed by atoms with Crippen LogP contribution in [0.3, 0.4) is 0 Å². The van der Waals surface area contributed by atoms with Crippen molar-refractivity contribution in [2.75, 3.05) is 13.1 Å². The second-order valence-corrected chi connectivity index (χ2v) is 10.7. The fourth-order valence-corrected chi connectivity index (χ4v) is 6.62. The number of rotatable bonds is 17. The molecule has 2 aromatic rings. The molecule has 0 atom stereocenters. The van der Waals surface area contributed by atoms with Gasteiger partial charge in [0.05, 0.1) is 0 Å². The van der Waals surface area contributed by atoms with Gasteiger partial charge in [-0.15, -0.1) is 0 Å². The highest BCUT2D eigenvalue weighted by molar-refractivity contribution is 7.70. The molecule has 2 aromatic carbocycles. The third kappa shape index (κ3) is 9.76. The van der Waals surface area contributed by atoms with Gasteiger partial charge in [0.1, 0.15) is 0 Å². The average molecular weight is 426 g/mol. The molecule has 2 rings (SSSR count). The molecule has 0 saturated carbocycles. The van der Waals surface area contributed by atoms with Crippen LogP contribution in [0.1, 0.15) is 90.9 Å². The van der Waals surface area contributed by atoms with E-state index in [9.17, 15) is 0 Å². The van der Waals surface area contributed by atoms with E-state index in [4.69, 9.17) is 0 Å². The molecule has 0 heterocycles. The Balaban J connectivity index is 2.04. The molecule has 0 radical (unpaired) electrons. The molecule has 1 nitrogen and oxygen atoms in total. The molecule has 0 aromatic heterocycles. The molecule has 0 aliphatic rings. The number of hydrogen-bond donors (Lipinski definition) is 0. The van der Waals surface area contributed by atoms with Gasteiger partial charge in [0.25, 0.3) is 0 Å². The molecule has 0 aliphatic carbocycles. The fourth-order valence-electron chi connectivity index (χ4n) is 4.08. The maximum absolute atomic E-state index is 2.83. The van der Waals surface area contributed by atoms with Gasteiger partial charge in [-0.2, -0.15) is 0 Å². The van der Waals surface area contributed by atoms with Crippen LogP contribution in [0.4, 0.5) is 0 Å². The highest BCUT2D eigenvalue weighted by atomic mass is 31.1. The predicted molar refractivity (Wildman–Crippen MR) is 137 cm³/mol. The first kappa shape index (κ1) is 25.1. The monoisotopic (exact) mass is 425 g/mol. The lowest BCUT2D eigenvalue weighted by molar-refractivity contribution is 0.417. The third-order valence-corrected chi connectivity index (χ3v) is 8.36. The quantitative estimate of drug-likeness (QED) is 0.183. The first-order chi connectivity index (χ1) is 14.9. The summed E-state index contributed by atoms with van der Waals surface area (Å²) >= 11 is 0. The zero-order valence-electron chi connectivity index (χ0n) is 19.6. The van der Waals surface area contributed by atoms with Gasteiger partial charge < -0.3 is 0 Å². The summed E-state index contributed by atoms with van der Waals surface area (Å²) in [6.07, 6.45) is 16.5. The Bertz CT molecular complexity index is 572. The van der Waals surface area contributed by atoms with Crippen LogP contribution in [0, 0.1) is 0 Å². The minimum atomic E-state index is -0.436. The lowest BCUT2D eigenvalue weighted by atomic mass is 10.1. The van der Waals surface area contributed by atoms with Crippen molar-refractivity contribution in [3.8, 4) is 0 Å². The van der Waals surface area contributed by atoms with Crippen LogP contribution in [0.2, 0.25) is 0 Å². The van der Waals surface area contributed by atoms with Crippen LogP contribution in [0.15, 0.2) is 60.7 Å². The predicted octanol–water partition coefficient (Wildman–Crippen LogP) is 8.06. The summed E-state index contributed by atoms with van der Waals surface area (Å²) in [7, 11) is -0.436. The molecule has 2 heteroatoms. The lowest BCUT2D eigenvalue weighted by Crippen LogP contribution is -2.30. The summed E-state index contributed by atoms with van der Waals surface area (Å²) in [5, 5.41) is 2.99. The summed E-state index contributed by atoms with van der Waals surface area (Å²) in [6, 6.07) is 22.5. The first-order valence-electron chi connectivity index (χ1n) is 12.5. The van der Waals surface area contributed by atoms with E-state index in [0.29, 0.717) is 0 Å². The second kappa shape index (κ2) is 16.5. The molecule has 166 valence electrons. The molecule has 0 unspecified atom stereocenters. The SMILES string of the molecule is CCCCCCCCN(CCCCCCCC)P(c1ccccc1)c1ccccc1. The zero-order valence-corrected chi connectivity index (χ0v) is 20.5. The largest absolute Gasteiger partial charge is 0.275 e. The number of nitrogens with zero attached hydrogens (tertiary/aromatic N) is 1. The van der Waals surface area contributed by atoms with E-state index >= 15 is 0 Å². The maximum atomic E-state index is 2.83. The van der Waals surface area contributed by atoms with Gasteiger partial charge in [-0.1, -0.05) is 139 Å². The topological polar surface area (TPSA) is 3.24 Å². The van der Waals surface area contributed by atoms with E-state index in [1.807, 2.05) is 0 Å². The Hall–Kier alpha value is -1.17. The van der Waals surface area contributed by atoms with Gasteiger partial charge in [-0.25, -0.2) is 0 Å². The van der Waals surface area contributed by atoms with E-state index in [-0.39, 0.29) is 0 Å². The Morgan fingerprint density at radius 3 is 1.27 bits per heavy atom. The van der Waals surface area contributed by atoms with Gasteiger partial charge >= 0.3 is 0 Å². The Labute approximate surface area is 188 Å². The molecule has 0 amide bonds. The molecule has 0 spiro atoms. The molecule has 0 fully saturated rings. The molecule has 0 bridgehead atoms. The van der Waals surface area contributed by atoms with Crippen molar-refractivity contribution in [2.24, 2.45) is 0 Å². The third-order valence-electron chi connectivity index (χ3n) is 5.82. The van der Waals surface area contributed by atoms with Gasteiger partial charge in [0.15, 0.2) is 0 Å². The van der Waals surface area contributed by atoms with Crippen molar-refractivity contribution in [1.82, 2.24) is 4.67 Å². The maximum Gasteiger partial charge on any atom is 0.0281 e. The van der Waals surface area contributed by atoms with Gasteiger partial charge in [-0.05, 0) is 23.5 Å². The van der Waals surface area contributed by atoms with Crippen LogP contribution < -0.4 is 10.6 Å². The van der Waals surface area contributed by atoms with E-state index in [2.05, 4.69) is 79.2 Å². The van der Waals surface area contributed by atoms with Crippen LogP contribution in [0.25, 0.3) is 0 Å². The van der Waals surface area contributed by atoms with Crippen molar-refractivity contribution in [3.63, 3.8) is 0 Å². The molecule has 0 N–H and O–H groups in total. The van der Waals surface area contributed by atoms with Crippen molar-refractivity contribution >= 4 is 18.7 Å². The standard InChI is InChI=1S/C28H44NP/c1-3-5-7-9-11-19-25-29(26-20-12-10-8-6-4-2)30(27-21-15-13-16-22-27)28-23-17-14-18-24-28/h13-18,21-24H,3-12,19-20,25-26H2,1-2H3. The van der Waals surface area contributed by atoms with E-state index in [1.165, 1.54) is 101 Å². The lowest BCUT2D eigenvalue weighted by Gasteiger charge is -2.32. The normalized spacial score (nSPS) is 11.5. The second-order valence-electron chi connectivity index (χ2n) is 8.47. The van der Waals surface area contributed by atoms with Crippen LogP contribution >= 0.6 is 8.07 Å². The average Bonchev–Trinajstić information content (AvgIpc) is 2.79. The molecule has 0 saturated heterocycles. The Morgan fingerprint density at radius 2 is 0.867 bits per heavy atom. The van der Waals surface area contributed by atoms with Crippen molar-refractivity contribution < 1.29 is 0 Å². The highest BCUT2D eigenvalue weighted by Crippen LogP contribution is 2.39. The van der Waals surface area contributed by atoms with Crippen LogP contribution in [-0.4, -0.2) is 17.8 Å². The fraction of sp³-hybridized carbons (Fsp3) is 0.571. The number of unbranched alkanes of at least 4 members (excludes halogenated alkanes) is 10. The van der Waals surface area contributed by atoms with E-state index in [0.717, 1.165) is 0 Å². The zero-order chi connectivity index (χ0) is 21.3. The summed E-state index contributed by atoms with van der Waals surface area (Å²) < 4.78 is 2.83. The van der Waals surface area contributed by atoms with Crippen molar-refractivity contribution in [2.45, 2.75) is 90.9 Å². The summed E-state index contributed by atoms with van der Waals surface area (Å²) in [6.45, 7) is 7.07. The molecule has 0 aliphatic heterocycles. The summed E-state index contributed by atoms with van der Waals surface area (Å²) in [4.78, 5) is 0. The smallest absolute Gasteiger partial charge is 0.0281 e. The highest BCUT2D eigenvalue weighted by Gasteiger charge is 2.21. The Morgan fingerprint density at radius 1 is 0.500 bits per heavy atom. The van der Waals surface area contributed by atoms with Crippen LogP contribution in [0.5, 0.6) is 0 Å². The first-order valence-corrected chi connectivity index (χ1v) is 13.8. The summed E-state index contributed by atoms with van der Waals surface area (Å²) in [5.74, 6) is 0.